The number of benzene rings is 2. The van der Waals surface area contributed by atoms with Crippen molar-refractivity contribution in [3.05, 3.63) is 64.7 Å². The number of imide groups is 1. The molecule has 2 N–H and O–H groups in total. The largest absolute Gasteiger partial charge is 0.465 e. The highest BCUT2D eigenvalue weighted by Gasteiger charge is 2.44. The Balaban J connectivity index is 1.66. The Morgan fingerprint density at radius 3 is 2.43 bits per heavy atom. The van der Waals surface area contributed by atoms with E-state index in [4.69, 9.17) is 4.74 Å². The van der Waals surface area contributed by atoms with E-state index in [0.29, 0.717) is 11.3 Å². The molecule has 196 valence electrons. The van der Waals surface area contributed by atoms with Crippen molar-refractivity contribution in [1.82, 2.24) is 15.7 Å². The number of amides is 4. The fourth-order valence-electron chi connectivity index (χ4n) is 4.17. The summed E-state index contributed by atoms with van der Waals surface area (Å²) >= 11 is 0. The van der Waals surface area contributed by atoms with Crippen LogP contribution in [0.5, 0.6) is 0 Å². The first kappa shape index (κ1) is 25.9. The summed E-state index contributed by atoms with van der Waals surface area (Å²) in [6, 6.07) is 9.01. The van der Waals surface area contributed by atoms with Crippen molar-refractivity contribution in [3.8, 4) is 0 Å². The first-order chi connectivity index (χ1) is 17.5. The molecule has 4 amide bonds. The molecule has 2 aromatic carbocycles. The van der Waals surface area contributed by atoms with Gasteiger partial charge in [-0.2, -0.15) is 13.2 Å². The number of anilines is 1. The third-order valence-corrected chi connectivity index (χ3v) is 6.11. The van der Waals surface area contributed by atoms with Crippen molar-refractivity contribution in [3.63, 3.8) is 0 Å². The predicted octanol–water partition coefficient (Wildman–Crippen LogP) is 3.40. The second kappa shape index (κ2) is 10.1. The second-order valence-electron chi connectivity index (χ2n) is 8.39. The summed E-state index contributed by atoms with van der Waals surface area (Å²) in [6.07, 6.45) is -5.89. The van der Waals surface area contributed by atoms with Gasteiger partial charge in [-0.05, 0) is 48.7 Å². The molecule has 0 spiro atoms. The van der Waals surface area contributed by atoms with Gasteiger partial charge in [-0.15, -0.1) is 5.48 Å². The number of rotatable bonds is 6. The lowest BCUT2D eigenvalue weighted by atomic mass is 9.99. The molecule has 0 saturated carbocycles. The Hall–Kier alpha value is -4.13. The molecule has 2 atom stereocenters. The number of ether oxygens (including phenoxy) is 1. The molecule has 2 unspecified atom stereocenters. The number of nitrogens with one attached hydrogen (secondary N) is 2. The molecule has 0 aliphatic carbocycles. The van der Waals surface area contributed by atoms with Crippen LogP contribution in [0.25, 0.3) is 0 Å². The molecule has 0 aromatic heterocycles. The van der Waals surface area contributed by atoms with Gasteiger partial charge >= 0.3 is 24.3 Å². The van der Waals surface area contributed by atoms with E-state index in [9.17, 15) is 32.3 Å². The van der Waals surface area contributed by atoms with Gasteiger partial charge in [0.2, 0.25) is 5.91 Å². The van der Waals surface area contributed by atoms with Gasteiger partial charge in [-0.25, -0.2) is 9.59 Å². The zero-order chi connectivity index (χ0) is 26.9. The molecule has 10 nitrogen and oxygen atoms in total. The van der Waals surface area contributed by atoms with E-state index in [1.54, 1.807) is 31.2 Å². The first-order valence-corrected chi connectivity index (χ1v) is 11.3. The zero-order valence-corrected chi connectivity index (χ0v) is 19.8. The SMILES string of the molecule is CCOC(=O)C1CN(c2ccc(C3NOC(=O)N3)cc2)C(=O)N(Cc2cccc(C(F)(F)F)c2C)C1=O. The quantitative estimate of drug-likeness (QED) is 0.443. The molecule has 2 saturated heterocycles. The third kappa shape index (κ3) is 5.21. The smallest absolute Gasteiger partial charge is 0.427 e. The van der Waals surface area contributed by atoms with Gasteiger partial charge in [0.25, 0.3) is 0 Å². The number of hydroxylamine groups is 1. The molecular weight excluding hydrogens is 497 g/mol. The van der Waals surface area contributed by atoms with E-state index in [-0.39, 0.29) is 24.3 Å². The van der Waals surface area contributed by atoms with Crippen LogP contribution in [-0.2, 0) is 31.9 Å². The maximum Gasteiger partial charge on any atom is 0.427 e. The number of esters is 1. The molecule has 2 fully saturated rings. The molecule has 2 heterocycles. The Labute approximate surface area is 209 Å². The average Bonchev–Trinajstić information content (AvgIpc) is 3.28. The summed E-state index contributed by atoms with van der Waals surface area (Å²) in [5, 5.41) is 2.53. The van der Waals surface area contributed by atoms with Crippen LogP contribution < -0.4 is 15.7 Å². The number of hydrogen-bond donors (Lipinski definition) is 2. The van der Waals surface area contributed by atoms with Gasteiger partial charge in [0.1, 0.15) is 6.17 Å². The Morgan fingerprint density at radius 2 is 1.84 bits per heavy atom. The molecule has 0 bridgehead atoms. The lowest BCUT2D eigenvalue weighted by Crippen LogP contribution is -2.58. The minimum Gasteiger partial charge on any atom is -0.465 e. The topological polar surface area (TPSA) is 117 Å². The minimum atomic E-state index is -4.62. The molecule has 37 heavy (non-hydrogen) atoms. The molecular formula is C24H23F3N4O6. The van der Waals surface area contributed by atoms with E-state index in [1.807, 2.05) is 0 Å². The Morgan fingerprint density at radius 1 is 1.14 bits per heavy atom. The zero-order valence-electron chi connectivity index (χ0n) is 19.8. The van der Waals surface area contributed by atoms with Crippen LogP contribution in [0, 0.1) is 12.8 Å². The van der Waals surface area contributed by atoms with Crippen LogP contribution in [0.1, 0.15) is 35.3 Å². The fourth-order valence-corrected chi connectivity index (χ4v) is 4.17. The number of halogens is 3. The normalized spacial score (nSPS) is 20.1. The van der Waals surface area contributed by atoms with E-state index in [1.165, 1.54) is 24.0 Å². The number of hydrogen-bond acceptors (Lipinski definition) is 7. The minimum absolute atomic E-state index is 0.000171. The van der Waals surface area contributed by atoms with Crippen molar-refractivity contribution in [2.75, 3.05) is 18.1 Å². The van der Waals surface area contributed by atoms with Crippen LogP contribution in [0.2, 0.25) is 0 Å². The maximum absolute atomic E-state index is 13.4. The summed E-state index contributed by atoms with van der Waals surface area (Å²) in [7, 11) is 0. The van der Waals surface area contributed by atoms with E-state index < -0.39 is 54.4 Å². The van der Waals surface area contributed by atoms with Crippen molar-refractivity contribution < 1.29 is 41.9 Å². The fraction of sp³-hybridized carbons (Fsp3) is 0.333. The van der Waals surface area contributed by atoms with Crippen LogP contribution in [0.3, 0.4) is 0 Å². The molecule has 2 aromatic rings. The lowest BCUT2D eigenvalue weighted by Gasteiger charge is -2.38. The summed E-state index contributed by atoms with van der Waals surface area (Å²) in [5.41, 5.74) is 2.52. The van der Waals surface area contributed by atoms with Gasteiger partial charge in [-0.1, -0.05) is 24.3 Å². The van der Waals surface area contributed by atoms with Crippen molar-refractivity contribution in [2.24, 2.45) is 5.92 Å². The van der Waals surface area contributed by atoms with Crippen LogP contribution in [-0.4, -0.2) is 42.1 Å². The van der Waals surface area contributed by atoms with Gasteiger partial charge in [0.15, 0.2) is 5.92 Å². The van der Waals surface area contributed by atoms with Gasteiger partial charge in [0, 0.05) is 5.69 Å². The third-order valence-electron chi connectivity index (χ3n) is 6.11. The van der Waals surface area contributed by atoms with Gasteiger partial charge in [-0.3, -0.25) is 24.7 Å². The van der Waals surface area contributed by atoms with Gasteiger partial charge < -0.3 is 9.57 Å². The van der Waals surface area contributed by atoms with Crippen LogP contribution in [0.4, 0.5) is 28.4 Å². The van der Waals surface area contributed by atoms with Crippen molar-refractivity contribution in [1.29, 1.82) is 0 Å². The highest BCUT2D eigenvalue weighted by atomic mass is 19.4. The molecule has 2 aliphatic rings. The van der Waals surface area contributed by atoms with Crippen LogP contribution >= 0.6 is 0 Å². The summed E-state index contributed by atoms with van der Waals surface area (Å²) < 4.78 is 45.2. The van der Waals surface area contributed by atoms with Crippen LogP contribution in [0.15, 0.2) is 42.5 Å². The standard InChI is InChI=1S/C24H23F3N4O6/c1-3-36-21(33)17-12-30(16-9-7-14(8-10-16)19-28-22(34)37-29-19)23(35)31(20(17)32)11-15-5-4-6-18(13(15)2)24(25,26)27/h4-10,17,19,29H,3,11-12H2,1-2H3,(H,28,34). The number of carbonyl (C=O) groups excluding carboxylic acids is 4. The molecule has 4 rings (SSSR count). The monoisotopic (exact) mass is 520 g/mol. The number of carbonyl (C=O) groups is 4. The number of alkyl halides is 3. The van der Waals surface area contributed by atoms with Crippen molar-refractivity contribution >= 4 is 29.7 Å². The molecule has 13 heteroatoms. The number of urea groups is 1. The molecule has 2 aliphatic heterocycles. The van der Waals surface area contributed by atoms with Crippen molar-refractivity contribution in [2.45, 2.75) is 32.7 Å². The Kier molecular flexibility index (Phi) is 7.07. The predicted molar refractivity (Wildman–Crippen MR) is 122 cm³/mol. The highest BCUT2D eigenvalue weighted by molar-refractivity contribution is 6.12. The average molecular weight is 520 g/mol. The first-order valence-electron chi connectivity index (χ1n) is 11.3. The summed E-state index contributed by atoms with van der Waals surface area (Å²) in [4.78, 5) is 57.0. The lowest BCUT2D eigenvalue weighted by molar-refractivity contribution is -0.154. The Bertz CT molecular complexity index is 1230. The summed E-state index contributed by atoms with van der Waals surface area (Å²) in [5.74, 6) is -3.07. The number of nitrogens with zero attached hydrogens (tertiary/aromatic N) is 2. The van der Waals surface area contributed by atoms with E-state index in [2.05, 4.69) is 15.6 Å². The van der Waals surface area contributed by atoms with E-state index >= 15 is 0 Å². The molecule has 0 radical (unpaired) electrons. The van der Waals surface area contributed by atoms with Gasteiger partial charge in [0.05, 0.1) is 25.3 Å². The van der Waals surface area contributed by atoms with E-state index in [0.717, 1.165) is 11.0 Å². The summed E-state index contributed by atoms with van der Waals surface area (Å²) in [6.45, 7) is 2.05. The maximum atomic E-state index is 13.4. The highest BCUT2D eigenvalue weighted by Crippen LogP contribution is 2.34. The second-order valence-corrected chi connectivity index (χ2v) is 8.39.